The zero-order chi connectivity index (χ0) is 25.3. The third-order valence-electron chi connectivity index (χ3n) is 5.34. The van der Waals surface area contributed by atoms with E-state index in [1.807, 2.05) is 51.1 Å². The average molecular weight is 490 g/mol. The normalized spacial score (nSPS) is 12.2. The number of benzene rings is 2. The third kappa shape index (κ3) is 7.76. The second-order valence-corrected chi connectivity index (χ2v) is 10.3. The van der Waals surface area contributed by atoms with Crippen LogP contribution in [0.4, 0.5) is 5.69 Å². The van der Waals surface area contributed by atoms with Gasteiger partial charge in [0.2, 0.25) is 21.8 Å². The standard InChI is InChI=1S/C25H35N3O5S/c1-6-23(25(30)26-19(2)3)27(17-16-20-10-8-7-9-11-20)24(29)18-28(34(5,31)32)21-12-14-22(33-4)15-13-21/h7-15,19,23H,6,16-18H2,1-5H3,(H,26,30). The molecule has 34 heavy (non-hydrogen) atoms. The van der Waals surface area contributed by atoms with E-state index in [2.05, 4.69) is 5.32 Å². The van der Waals surface area contributed by atoms with Crippen molar-refractivity contribution in [2.45, 2.75) is 45.7 Å². The van der Waals surface area contributed by atoms with Crippen molar-refractivity contribution in [2.75, 3.05) is 30.8 Å². The summed E-state index contributed by atoms with van der Waals surface area (Å²) in [6.07, 6.45) is 2.00. The molecule has 0 bridgehead atoms. The number of carbonyl (C=O) groups is 2. The summed E-state index contributed by atoms with van der Waals surface area (Å²) in [5, 5.41) is 2.88. The quantitative estimate of drug-likeness (QED) is 0.495. The highest BCUT2D eigenvalue weighted by Crippen LogP contribution is 2.22. The highest BCUT2D eigenvalue weighted by atomic mass is 32.2. The smallest absolute Gasteiger partial charge is 0.244 e. The van der Waals surface area contributed by atoms with Crippen LogP contribution in [0.2, 0.25) is 0 Å². The number of amides is 2. The third-order valence-corrected chi connectivity index (χ3v) is 6.48. The molecule has 0 aliphatic heterocycles. The van der Waals surface area contributed by atoms with Gasteiger partial charge in [-0.2, -0.15) is 0 Å². The molecule has 2 rings (SSSR count). The van der Waals surface area contributed by atoms with Crippen LogP contribution < -0.4 is 14.4 Å². The van der Waals surface area contributed by atoms with Gasteiger partial charge in [0.1, 0.15) is 18.3 Å². The van der Waals surface area contributed by atoms with E-state index in [9.17, 15) is 18.0 Å². The maximum absolute atomic E-state index is 13.5. The molecule has 1 atom stereocenters. The van der Waals surface area contributed by atoms with Crippen molar-refractivity contribution < 1.29 is 22.7 Å². The Morgan fingerprint density at radius 1 is 1.03 bits per heavy atom. The largest absolute Gasteiger partial charge is 0.497 e. The van der Waals surface area contributed by atoms with Gasteiger partial charge in [0, 0.05) is 12.6 Å². The molecule has 1 unspecified atom stereocenters. The highest BCUT2D eigenvalue weighted by Gasteiger charge is 2.31. The molecule has 0 aliphatic carbocycles. The minimum Gasteiger partial charge on any atom is -0.497 e. The van der Waals surface area contributed by atoms with E-state index in [1.165, 1.54) is 12.0 Å². The molecule has 1 N–H and O–H groups in total. The lowest BCUT2D eigenvalue weighted by atomic mass is 10.1. The van der Waals surface area contributed by atoms with Gasteiger partial charge in [0.15, 0.2) is 0 Å². The average Bonchev–Trinajstić information content (AvgIpc) is 2.79. The molecule has 2 aromatic carbocycles. The topological polar surface area (TPSA) is 96.0 Å². The number of carbonyl (C=O) groups excluding carboxylic acids is 2. The SMILES string of the molecule is CCC(C(=O)NC(C)C)N(CCc1ccccc1)C(=O)CN(c1ccc(OC)cc1)S(C)(=O)=O. The Kier molecular flexibility index (Phi) is 9.92. The van der Waals surface area contributed by atoms with Crippen LogP contribution in [-0.4, -0.2) is 63.7 Å². The van der Waals surface area contributed by atoms with Crippen molar-refractivity contribution in [3.8, 4) is 5.75 Å². The van der Waals surface area contributed by atoms with E-state index in [4.69, 9.17) is 4.74 Å². The summed E-state index contributed by atoms with van der Waals surface area (Å²) in [6, 6.07) is 15.3. The van der Waals surface area contributed by atoms with Crippen LogP contribution in [0.3, 0.4) is 0 Å². The van der Waals surface area contributed by atoms with Crippen LogP contribution in [0.1, 0.15) is 32.8 Å². The van der Waals surface area contributed by atoms with Crippen molar-refractivity contribution in [1.82, 2.24) is 10.2 Å². The van der Waals surface area contributed by atoms with E-state index < -0.39 is 28.5 Å². The Hall–Kier alpha value is -3.07. The maximum Gasteiger partial charge on any atom is 0.244 e. The van der Waals surface area contributed by atoms with Gasteiger partial charge < -0.3 is 15.0 Å². The fourth-order valence-electron chi connectivity index (χ4n) is 3.64. The number of hydrogen-bond donors (Lipinski definition) is 1. The minimum absolute atomic E-state index is 0.0838. The second-order valence-electron chi connectivity index (χ2n) is 8.38. The van der Waals surface area contributed by atoms with Crippen LogP contribution in [-0.2, 0) is 26.0 Å². The number of nitrogens with one attached hydrogen (secondary N) is 1. The predicted octanol–water partition coefficient (Wildman–Crippen LogP) is 2.84. The molecule has 8 nitrogen and oxygen atoms in total. The van der Waals surface area contributed by atoms with E-state index in [0.717, 1.165) is 16.1 Å². The van der Waals surface area contributed by atoms with Crippen LogP contribution in [0.5, 0.6) is 5.75 Å². The number of ether oxygens (including phenoxy) is 1. The molecule has 9 heteroatoms. The molecular weight excluding hydrogens is 454 g/mol. The Balaban J connectivity index is 2.35. The van der Waals surface area contributed by atoms with Crippen LogP contribution in [0.15, 0.2) is 54.6 Å². The van der Waals surface area contributed by atoms with E-state index in [-0.39, 0.29) is 18.5 Å². The fraction of sp³-hybridized carbons (Fsp3) is 0.440. The molecule has 0 heterocycles. The number of rotatable bonds is 12. The molecule has 0 saturated heterocycles. The number of sulfonamides is 1. The summed E-state index contributed by atoms with van der Waals surface area (Å²) >= 11 is 0. The van der Waals surface area contributed by atoms with E-state index >= 15 is 0 Å². The van der Waals surface area contributed by atoms with Gasteiger partial charge >= 0.3 is 0 Å². The Morgan fingerprint density at radius 2 is 1.65 bits per heavy atom. The highest BCUT2D eigenvalue weighted by molar-refractivity contribution is 7.92. The van der Waals surface area contributed by atoms with E-state index in [0.29, 0.717) is 24.3 Å². The van der Waals surface area contributed by atoms with Gasteiger partial charge in [0.25, 0.3) is 0 Å². The van der Waals surface area contributed by atoms with Crippen molar-refractivity contribution in [3.63, 3.8) is 0 Å². The molecular formula is C25H35N3O5S. The monoisotopic (exact) mass is 489 g/mol. The summed E-state index contributed by atoms with van der Waals surface area (Å²) in [5.74, 6) is -0.124. The van der Waals surface area contributed by atoms with Gasteiger partial charge in [-0.25, -0.2) is 8.42 Å². The van der Waals surface area contributed by atoms with Gasteiger partial charge in [-0.05, 0) is 56.5 Å². The first-order valence-corrected chi connectivity index (χ1v) is 13.2. The van der Waals surface area contributed by atoms with Crippen LogP contribution in [0, 0.1) is 0 Å². The number of hydrogen-bond acceptors (Lipinski definition) is 5. The predicted molar refractivity (Wildman–Crippen MR) is 134 cm³/mol. The van der Waals surface area contributed by atoms with E-state index in [1.54, 1.807) is 24.3 Å². The molecule has 2 aromatic rings. The molecule has 0 saturated carbocycles. The van der Waals surface area contributed by atoms with Crippen molar-refractivity contribution in [2.24, 2.45) is 0 Å². The zero-order valence-electron chi connectivity index (χ0n) is 20.5. The van der Waals surface area contributed by atoms with Gasteiger partial charge in [-0.3, -0.25) is 13.9 Å². The van der Waals surface area contributed by atoms with Crippen molar-refractivity contribution in [1.29, 1.82) is 0 Å². The molecule has 186 valence electrons. The number of nitrogens with zero attached hydrogens (tertiary/aromatic N) is 2. The van der Waals surface area contributed by atoms with Crippen LogP contribution in [0.25, 0.3) is 0 Å². The lowest BCUT2D eigenvalue weighted by Gasteiger charge is -2.33. The number of anilines is 1. The summed E-state index contributed by atoms with van der Waals surface area (Å²) < 4.78 is 31.4. The first-order chi connectivity index (χ1) is 16.1. The zero-order valence-corrected chi connectivity index (χ0v) is 21.3. The Bertz CT molecular complexity index is 1040. The van der Waals surface area contributed by atoms with Crippen molar-refractivity contribution >= 4 is 27.5 Å². The molecule has 0 aliphatic rings. The fourth-order valence-corrected chi connectivity index (χ4v) is 4.49. The first-order valence-electron chi connectivity index (χ1n) is 11.3. The second kappa shape index (κ2) is 12.4. The molecule has 0 fully saturated rings. The molecule has 0 radical (unpaired) electrons. The van der Waals surface area contributed by atoms with Crippen LogP contribution >= 0.6 is 0 Å². The lowest BCUT2D eigenvalue weighted by molar-refractivity contribution is -0.139. The number of methoxy groups -OCH3 is 1. The lowest BCUT2D eigenvalue weighted by Crippen LogP contribution is -2.54. The summed E-state index contributed by atoms with van der Waals surface area (Å²) in [4.78, 5) is 27.9. The van der Waals surface area contributed by atoms with Gasteiger partial charge in [-0.1, -0.05) is 37.3 Å². The van der Waals surface area contributed by atoms with Gasteiger partial charge in [-0.15, -0.1) is 0 Å². The summed E-state index contributed by atoms with van der Waals surface area (Å²) in [6.45, 7) is 5.43. The maximum atomic E-state index is 13.5. The first kappa shape index (κ1) is 27.2. The Morgan fingerprint density at radius 3 is 2.15 bits per heavy atom. The molecule has 2 amide bonds. The summed E-state index contributed by atoms with van der Waals surface area (Å²) in [5.41, 5.74) is 1.37. The Labute approximate surface area is 202 Å². The molecule has 0 aromatic heterocycles. The molecule has 0 spiro atoms. The van der Waals surface area contributed by atoms with Gasteiger partial charge in [0.05, 0.1) is 19.1 Å². The minimum atomic E-state index is -3.76. The van der Waals surface area contributed by atoms with Crippen molar-refractivity contribution in [3.05, 3.63) is 60.2 Å². The summed E-state index contributed by atoms with van der Waals surface area (Å²) in [7, 11) is -2.24.